The van der Waals surface area contributed by atoms with Crippen LogP contribution in [0.15, 0.2) is 48.7 Å². The van der Waals surface area contributed by atoms with Gasteiger partial charge in [0.25, 0.3) is 0 Å². The highest BCUT2D eigenvalue weighted by atomic mass is 19.4. The number of fused-ring (bicyclic) bond motifs is 1. The van der Waals surface area contributed by atoms with Gasteiger partial charge in [-0.2, -0.15) is 31.4 Å². The summed E-state index contributed by atoms with van der Waals surface area (Å²) < 4.78 is 69.8. The van der Waals surface area contributed by atoms with Crippen LogP contribution in [-0.4, -0.2) is 64.4 Å². The molecule has 1 aromatic heterocycles. The third-order valence-corrected chi connectivity index (χ3v) is 5.49. The van der Waals surface area contributed by atoms with E-state index in [1.54, 1.807) is 11.1 Å². The largest absolute Gasteiger partial charge is 0.490 e. The number of anilines is 1. The second-order valence-corrected chi connectivity index (χ2v) is 7.85. The molecule has 0 saturated carbocycles. The summed E-state index contributed by atoms with van der Waals surface area (Å²) in [4.78, 5) is 25.4. The number of halogens is 6. The highest BCUT2D eigenvalue weighted by Crippen LogP contribution is 2.30. The molecule has 1 unspecified atom stereocenters. The van der Waals surface area contributed by atoms with Crippen molar-refractivity contribution in [3.8, 4) is 0 Å². The molecule has 14 heteroatoms. The molecule has 1 saturated heterocycles. The second kappa shape index (κ2) is 10.4. The van der Waals surface area contributed by atoms with E-state index in [9.17, 15) is 31.1 Å². The molecule has 8 nitrogen and oxygen atoms in total. The molecule has 3 aromatic rings. The topological polar surface area (TPSA) is 116 Å². The number of nitrogens with zero attached hydrogens (tertiary/aromatic N) is 3. The third kappa shape index (κ3) is 6.44. The molecule has 0 aliphatic carbocycles. The summed E-state index contributed by atoms with van der Waals surface area (Å²) in [5.74, 6) is -3.04. The van der Waals surface area contributed by atoms with Gasteiger partial charge in [0.05, 0.1) is 17.3 Å². The van der Waals surface area contributed by atoms with Gasteiger partial charge in [0.1, 0.15) is 6.04 Å². The summed E-state index contributed by atoms with van der Waals surface area (Å²) in [7, 11) is 0. The zero-order valence-electron chi connectivity index (χ0n) is 18.5. The standard InChI is InChI=1S/C20H20F3N5O.C2HF3O2/c21-20(22,23)15-3-1-13(2-4-15)18(24)19(29)28-9-7-27(8-10-28)16-5-6-17-14(11-16)12-25-26-17;3-2(4,5)1(6)7/h1-6,11-12,18H,7-10,24H2,(H,25,26);(H,6,7). The van der Waals surface area contributed by atoms with E-state index in [0.717, 1.165) is 28.7 Å². The van der Waals surface area contributed by atoms with Crippen molar-refractivity contribution >= 4 is 28.5 Å². The van der Waals surface area contributed by atoms with E-state index in [0.29, 0.717) is 31.7 Å². The number of benzene rings is 2. The van der Waals surface area contributed by atoms with Crippen LogP contribution in [0.1, 0.15) is 17.2 Å². The number of aliphatic carboxylic acids is 1. The number of rotatable bonds is 3. The maximum Gasteiger partial charge on any atom is 0.490 e. The number of carbonyl (C=O) groups is 2. The quantitative estimate of drug-likeness (QED) is 0.458. The van der Waals surface area contributed by atoms with Crippen molar-refractivity contribution in [2.24, 2.45) is 5.73 Å². The van der Waals surface area contributed by atoms with Crippen LogP contribution in [0.25, 0.3) is 10.9 Å². The molecule has 2 heterocycles. The first-order chi connectivity index (χ1) is 16.8. The highest BCUT2D eigenvalue weighted by molar-refractivity contribution is 5.84. The predicted molar refractivity (Wildman–Crippen MR) is 117 cm³/mol. The number of carboxylic acids is 1. The number of aromatic nitrogens is 2. The molecule has 1 fully saturated rings. The van der Waals surface area contributed by atoms with Gasteiger partial charge in [-0.05, 0) is 35.9 Å². The van der Waals surface area contributed by atoms with Crippen LogP contribution in [0, 0.1) is 0 Å². The molecule has 194 valence electrons. The normalized spacial score (nSPS) is 15.3. The second-order valence-electron chi connectivity index (χ2n) is 7.85. The summed E-state index contributed by atoms with van der Waals surface area (Å²) in [5, 5.41) is 15.1. The zero-order chi connectivity index (χ0) is 26.7. The van der Waals surface area contributed by atoms with Crippen LogP contribution in [0.4, 0.5) is 32.0 Å². The minimum atomic E-state index is -5.08. The van der Waals surface area contributed by atoms with Crippen LogP contribution >= 0.6 is 0 Å². The number of carbonyl (C=O) groups excluding carboxylic acids is 1. The monoisotopic (exact) mass is 517 g/mol. The SMILES string of the molecule is NC(C(=O)N1CCN(c2ccc3[nH]ncc3c2)CC1)c1ccc(C(F)(F)F)cc1.O=C(O)C(F)(F)F. The fraction of sp³-hybridized carbons (Fsp3) is 0.318. The van der Waals surface area contributed by atoms with E-state index in [1.807, 2.05) is 18.2 Å². The number of alkyl halides is 6. The lowest BCUT2D eigenvalue weighted by Crippen LogP contribution is -2.51. The van der Waals surface area contributed by atoms with Gasteiger partial charge in [-0.15, -0.1) is 0 Å². The third-order valence-electron chi connectivity index (χ3n) is 5.49. The van der Waals surface area contributed by atoms with Gasteiger partial charge in [-0.25, -0.2) is 4.79 Å². The smallest absolute Gasteiger partial charge is 0.475 e. The Hall–Kier alpha value is -3.81. The number of amides is 1. The number of piperazine rings is 1. The molecular formula is C22H21F6N5O3. The van der Waals surface area contributed by atoms with Crippen molar-refractivity contribution in [2.75, 3.05) is 31.1 Å². The van der Waals surface area contributed by atoms with Crippen molar-refractivity contribution in [1.29, 1.82) is 0 Å². The Morgan fingerprint density at radius 3 is 2.08 bits per heavy atom. The minimum absolute atomic E-state index is 0.283. The summed E-state index contributed by atoms with van der Waals surface area (Å²) in [5.41, 5.74) is 7.66. The summed E-state index contributed by atoms with van der Waals surface area (Å²) in [6, 6.07) is 9.47. The minimum Gasteiger partial charge on any atom is -0.475 e. The van der Waals surface area contributed by atoms with E-state index in [-0.39, 0.29) is 5.91 Å². The van der Waals surface area contributed by atoms with Crippen molar-refractivity contribution in [1.82, 2.24) is 15.1 Å². The first-order valence-electron chi connectivity index (χ1n) is 10.5. The van der Waals surface area contributed by atoms with Crippen molar-refractivity contribution in [3.63, 3.8) is 0 Å². The molecule has 2 aromatic carbocycles. The van der Waals surface area contributed by atoms with Crippen LogP contribution < -0.4 is 10.6 Å². The molecule has 0 radical (unpaired) electrons. The average molecular weight is 517 g/mol. The van der Waals surface area contributed by atoms with Gasteiger partial charge in [0.15, 0.2) is 0 Å². The number of hydrogen-bond acceptors (Lipinski definition) is 5. The summed E-state index contributed by atoms with van der Waals surface area (Å²) >= 11 is 0. The van der Waals surface area contributed by atoms with Crippen molar-refractivity contribution in [3.05, 3.63) is 59.8 Å². The van der Waals surface area contributed by atoms with Crippen LogP contribution in [0.5, 0.6) is 0 Å². The number of hydrogen-bond donors (Lipinski definition) is 3. The Bertz CT molecular complexity index is 1200. The number of aromatic amines is 1. The number of carboxylic acid groups (broad SMARTS) is 1. The van der Waals surface area contributed by atoms with Crippen molar-refractivity contribution < 1.29 is 41.0 Å². The zero-order valence-corrected chi connectivity index (χ0v) is 18.5. The molecule has 0 spiro atoms. The Morgan fingerprint density at radius 1 is 0.972 bits per heavy atom. The molecular weight excluding hydrogens is 496 g/mol. The number of nitrogens with two attached hydrogens (primary N) is 1. The van der Waals surface area contributed by atoms with E-state index in [2.05, 4.69) is 15.1 Å². The van der Waals surface area contributed by atoms with Crippen LogP contribution in [0.2, 0.25) is 0 Å². The molecule has 1 atom stereocenters. The maximum atomic E-state index is 12.7. The van der Waals surface area contributed by atoms with Crippen molar-refractivity contribution in [2.45, 2.75) is 18.4 Å². The molecule has 1 aliphatic heterocycles. The lowest BCUT2D eigenvalue weighted by Gasteiger charge is -2.37. The first kappa shape index (κ1) is 26.8. The number of nitrogens with one attached hydrogen (secondary N) is 1. The van der Waals surface area contributed by atoms with Crippen LogP contribution in [-0.2, 0) is 15.8 Å². The fourth-order valence-electron chi connectivity index (χ4n) is 3.53. The summed E-state index contributed by atoms with van der Waals surface area (Å²) in [6.45, 7) is 2.29. The maximum absolute atomic E-state index is 12.7. The molecule has 1 aliphatic rings. The molecule has 4 N–H and O–H groups in total. The molecule has 4 rings (SSSR count). The van der Waals surface area contributed by atoms with E-state index >= 15 is 0 Å². The lowest BCUT2D eigenvalue weighted by atomic mass is 10.0. The highest BCUT2D eigenvalue weighted by Gasteiger charge is 2.38. The predicted octanol–water partition coefficient (Wildman–Crippen LogP) is 3.56. The Kier molecular flexibility index (Phi) is 7.77. The van der Waals surface area contributed by atoms with Gasteiger partial charge in [0, 0.05) is 37.3 Å². The lowest BCUT2D eigenvalue weighted by molar-refractivity contribution is -0.192. The molecule has 36 heavy (non-hydrogen) atoms. The van der Waals surface area contributed by atoms with Gasteiger partial charge in [-0.3, -0.25) is 9.89 Å². The van der Waals surface area contributed by atoms with Gasteiger partial charge >= 0.3 is 18.3 Å². The van der Waals surface area contributed by atoms with Crippen LogP contribution in [0.3, 0.4) is 0 Å². The number of H-pyrrole nitrogens is 1. The Labute approximate surface area is 200 Å². The average Bonchev–Trinajstić information content (AvgIpc) is 3.30. The van der Waals surface area contributed by atoms with Gasteiger partial charge < -0.3 is 20.6 Å². The van der Waals surface area contributed by atoms with Gasteiger partial charge in [0.2, 0.25) is 5.91 Å². The molecule has 0 bridgehead atoms. The van der Waals surface area contributed by atoms with E-state index in [1.165, 1.54) is 12.1 Å². The van der Waals surface area contributed by atoms with E-state index < -0.39 is 29.9 Å². The Morgan fingerprint density at radius 2 is 1.56 bits per heavy atom. The molecule has 1 amide bonds. The van der Waals surface area contributed by atoms with Gasteiger partial charge in [-0.1, -0.05) is 12.1 Å². The first-order valence-corrected chi connectivity index (χ1v) is 10.5. The fourth-order valence-corrected chi connectivity index (χ4v) is 3.53. The van der Waals surface area contributed by atoms with E-state index in [4.69, 9.17) is 15.6 Å². The Balaban J connectivity index is 0.000000454. The summed E-state index contributed by atoms with van der Waals surface area (Å²) in [6.07, 6.45) is -7.73.